The van der Waals surface area contributed by atoms with Gasteiger partial charge in [0.1, 0.15) is 5.75 Å². The van der Waals surface area contributed by atoms with E-state index in [4.69, 9.17) is 14.2 Å². The predicted molar refractivity (Wildman–Crippen MR) is 122 cm³/mol. The van der Waals surface area contributed by atoms with Crippen LogP contribution in [0.1, 0.15) is 18.4 Å². The van der Waals surface area contributed by atoms with E-state index in [0.29, 0.717) is 26.4 Å². The largest absolute Gasteiger partial charge is 0.494 e. The summed E-state index contributed by atoms with van der Waals surface area (Å²) < 4.78 is 17.1. The van der Waals surface area contributed by atoms with Crippen LogP contribution in [0.25, 0.3) is 0 Å². The highest BCUT2D eigenvalue weighted by Crippen LogP contribution is 2.30. The Balaban J connectivity index is 0.00000280. The highest BCUT2D eigenvalue weighted by molar-refractivity contribution is 14.0. The van der Waals surface area contributed by atoms with Gasteiger partial charge in [0.25, 0.3) is 0 Å². The van der Waals surface area contributed by atoms with Crippen LogP contribution >= 0.6 is 24.0 Å². The minimum Gasteiger partial charge on any atom is -0.494 e. The van der Waals surface area contributed by atoms with Crippen molar-refractivity contribution in [2.75, 3.05) is 33.4 Å². The highest BCUT2D eigenvalue weighted by Gasteiger charge is 2.10. The zero-order valence-corrected chi connectivity index (χ0v) is 18.5. The van der Waals surface area contributed by atoms with Gasteiger partial charge in [-0.2, -0.15) is 0 Å². The number of hydrogen-bond acceptors (Lipinski definition) is 4. The molecule has 0 unspecified atom stereocenters. The summed E-state index contributed by atoms with van der Waals surface area (Å²) >= 11 is 0. The van der Waals surface area contributed by atoms with Crippen molar-refractivity contribution in [2.24, 2.45) is 4.99 Å². The van der Waals surface area contributed by atoms with Gasteiger partial charge in [0.2, 0.25) is 0 Å². The van der Waals surface area contributed by atoms with Gasteiger partial charge in [0.05, 0.1) is 19.8 Å². The number of para-hydroxylation sites is 1. The molecule has 0 saturated heterocycles. The Bertz CT molecular complexity index is 741. The summed E-state index contributed by atoms with van der Waals surface area (Å²) in [5, 5.41) is 6.62. The SMILES string of the molecule is CN=C(NCCCOc1ccccc1)NCc1ccc2c(c1)OCCCO2.I. The highest BCUT2D eigenvalue weighted by atomic mass is 127. The van der Waals surface area contributed by atoms with Gasteiger partial charge in [0.15, 0.2) is 17.5 Å². The second kappa shape index (κ2) is 12.3. The Morgan fingerprint density at radius 2 is 1.82 bits per heavy atom. The van der Waals surface area contributed by atoms with Crippen molar-refractivity contribution < 1.29 is 14.2 Å². The summed E-state index contributed by atoms with van der Waals surface area (Å²) in [4.78, 5) is 4.26. The predicted octanol–water partition coefficient (Wildman–Crippen LogP) is 3.60. The van der Waals surface area contributed by atoms with Crippen molar-refractivity contribution >= 4 is 29.9 Å². The molecule has 0 saturated carbocycles. The lowest BCUT2D eigenvalue weighted by molar-refractivity contribution is 0.297. The fourth-order valence-electron chi connectivity index (χ4n) is 2.71. The maximum atomic E-state index is 5.74. The Hall–Kier alpha value is -2.16. The molecule has 0 atom stereocenters. The normalized spacial score (nSPS) is 13.1. The standard InChI is InChI=1S/C21H27N3O3.HI/c1-22-21(23-11-5-12-25-18-7-3-2-4-8-18)24-16-17-9-10-19-20(15-17)27-14-6-13-26-19;/h2-4,7-10,15H,5-6,11-14,16H2,1H3,(H2,22,23,24);1H. The fourth-order valence-corrected chi connectivity index (χ4v) is 2.71. The van der Waals surface area contributed by atoms with Gasteiger partial charge in [-0.25, -0.2) is 0 Å². The Morgan fingerprint density at radius 3 is 2.61 bits per heavy atom. The minimum absolute atomic E-state index is 0. The fraction of sp³-hybridized carbons (Fsp3) is 0.381. The lowest BCUT2D eigenvalue weighted by Gasteiger charge is -2.13. The molecule has 1 heterocycles. The molecular formula is C21H28IN3O3. The van der Waals surface area contributed by atoms with E-state index in [1.54, 1.807) is 7.05 Å². The maximum Gasteiger partial charge on any atom is 0.191 e. The summed E-state index contributed by atoms with van der Waals surface area (Å²) in [6, 6.07) is 15.9. The minimum atomic E-state index is 0. The van der Waals surface area contributed by atoms with Crippen LogP contribution in [0.4, 0.5) is 0 Å². The third-order valence-corrected chi connectivity index (χ3v) is 4.12. The van der Waals surface area contributed by atoms with Crippen molar-refractivity contribution in [1.29, 1.82) is 0 Å². The summed E-state index contributed by atoms with van der Waals surface area (Å²) in [5.74, 6) is 3.29. The van der Waals surface area contributed by atoms with E-state index < -0.39 is 0 Å². The lowest BCUT2D eigenvalue weighted by atomic mass is 10.2. The van der Waals surface area contributed by atoms with Gasteiger partial charge < -0.3 is 24.8 Å². The second-order valence-corrected chi connectivity index (χ2v) is 6.20. The molecule has 2 N–H and O–H groups in total. The summed E-state index contributed by atoms with van der Waals surface area (Å²) in [6.07, 6.45) is 1.80. The number of nitrogens with one attached hydrogen (secondary N) is 2. The molecule has 0 bridgehead atoms. The van der Waals surface area contributed by atoms with Gasteiger partial charge in [-0.05, 0) is 36.2 Å². The van der Waals surface area contributed by atoms with E-state index in [1.165, 1.54) is 0 Å². The van der Waals surface area contributed by atoms with Crippen LogP contribution in [-0.4, -0.2) is 39.4 Å². The second-order valence-electron chi connectivity index (χ2n) is 6.20. The van der Waals surface area contributed by atoms with Gasteiger partial charge >= 0.3 is 0 Å². The number of fused-ring (bicyclic) bond motifs is 1. The van der Waals surface area contributed by atoms with Gasteiger partial charge in [-0.3, -0.25) is 4.99 Å². The number of rotatable bonds is 7. The van der Waals surface area contributed by atoms with Crippen LogP contribution in [0.15, 0.2) is 53.5 Å². The van der Waals surface area contributed by atoms with Gasteiger partial charge in [0, 0.05) is 26.6 Å². The first-order valence-electron chi connectivity index (χ1n) is 9.36. The number of hydrogen-bond donors (Lipinski definition) is 2. The summed E-state index contributed by atoms with van der Waals surface area (Å²) in [5.41, 5.74) is 1.12. The molecule has 152 valence electrons. The number of ether oxygens (including phenoxy) is 3. The number of nitrogens with zero attached hydrogens (tertiary/aromatic N) is 1. The maximum absolute atomic E-state index is 5.74. The molecule has 0 radical (unpaired) electrons. The number of benzene rings is 2. The van der Waals surface area contributed by atoms with Crippen molar-refractivity contribution in [2.45, 2.75) is 19.4 Å². The van der Waals surface area contributed by atoms with Crippen molar-refractivity contribution in [1.82, 2.24) is 10.6 Å². The first-order valence-corrected chi connectivity index (χ1v) is 9.36. The molecule has 0 aromatic heterocycles. The lowest BCUT2D eigenvalue weighted by Crippen LogP contribution is -2.37. The molecule has 1 aliphatic rings. The van der Waals surface area contributed by atoms with Crippen molar-refractivity contribution in [3.8, 4) is 17.2 Å². The quantitative estimate of drug-likeness (QED) is 0.265. The summed E-state index contributed by atoms with van der Waals surface area (Å²) in [6.45, 7) is 3.51. The molecule has 1 aliphatic heterocycles. The number of aliphatic imine (C=N–C) groups is 1. The van der Waals surface area contributed by atoms with E-state index in [9.17, 15) is 0 Å². The van der Waals surface area contributed by atoms with E-state index in [0.717, 1.165) is 48.2 Å². The van der Waals surface area contributed by atoms with Crippen molar-refractivity contribution in [3.05, 3.63) is 54.1 Å². The van der Waals surface area contributed by atoms with Crippen LogP contribution in [0, 0.1) is 0 Å². The van der Waals surface area contributed by atoms with Crippen LogP contribution in [0.2, 0.25) is 0 Å². The molecule has 2 aromatic carbocycles. The Kier molecular flexibility index (Phi) is 9.74. The third kappa shape index (κ3) is 7.10. The molecular weight excluding hydrogens is 469 g/mol. The molecule has 0 spiro atoms. The molecule has 0 fully saturated rings. The number of halogens is 1. The molecule has 0 amide bonds. The molecule has 0 aliphatic carbocycles. The number of guanidine groups is 1. The zero-order valence-electron chi connectivity index (χ0n) is 16.1. The average molecular weight is 497 g/mol. The molecule has 3 rings (SSSR count). The van der Waals surface area contributed by atoms with Crippen LogP contribution in [0.3, 0.4) is 0 Å². The molecule has 2 aromatic rings. The van der Waals surface area contributed by atoms with E-state index in [1.807, 2.05) is 48.5 Å². The van der Waals surface area contributed by atoms with E-state index >= 15 is 0 Å². The molecule has 7 heteroatoms. The first-order chi connectivity index (χ1) is 13.3. The molecule has 28 heavy (non-hydrogen) atoms. The third-order valence-electron chi connectivity index (χ3n) is 4.12. The Labute approximate surface area is 183 Å². The Morgan fingerprint density at radius 1 is 1.04 bits per heavy atom. The monoisotopic (exact) mass is 497 g/mol. The van der Waals surface area contributed by atoms with Crippen molar-refractivity contribution in [3.63, 3.8) is 0 Å². The molecule has 6 nitrogen and oxygen atoms in total. The smallest absolute Gasteiger partial charge is 0.191 e. The zero-order chi connectivity index (χ0) is 18.7. The van der Waals surface area contributed by atoms with Gasteiger partial charge in [-0.15, -0.1) is 24.0 Å². The first kappa shape index (κ1) is 22.1. The van der Waals surface area contributed by atoms with Crippen LogP contribution in [0.5, 0.6) is 17.2 Å². The van der Waals surface area contributed by atoms with E-state index in [2.05, 4.69) is 15.6 Å². The van der Waals surface area contributed by atoms with Crippen LogP contribution < -0.4 is 24.8 Å². The van der Waals surface area contributed by atoms with Gasteiger partial charge in [-0.1, -0.05) is 24.3 Å². The van der Waals surface area contributed by atoms with E-state index in [-0.39, 0.29) is 24.0 Å². The topological polar surface area (TPSA) is 64.1 Å². The van der Waals surface area contributed by atoms with Crippen LogP contribution in [-0.2, 0) is 6.54 Å². The average Bonchev–Trinajstić information content (AvgIpc) is 2.96. The summed E-state index contributed by atoms with van der Waals surface area (Å²) in [7, 11) is 1.77.